The minimum atomic E-state index is 1.10. The quantitative estimate of drug-likeness (QED) is 0.152. The van der Waals surface area contributed by atoms with Crippen molar-refractivity contribution in [1.82, 2.24) is 0 Å². The summed E-state index contributed by atoms with van der Waals surface area (Å²) in [6, 6.07) is 22.1. The van der Waals surface area contributed by atoms with Crippen molar-refractivity contribution in [3.8, 4) is 0 Å². The lowest BCUT2D eigenvalue weighted by Gasteiger charge is -2.35. The molecule has 0 bridgehead atoms. The summed E-state index contributed by atoms with van der Waals surface area (Å²) in [6.45, 7) is 5.80. The van der Waals surface area contributed by atoms with Crippen LogP contribution >= 0.6 is 0 Å². The van der Waals surface area contributed by atoms with E-state index in [0.717, 1.165) is 17.6 Å². The summed E-state index contributed by atoms with van der Waals surface area (Å²) in [4.78, 5) is 0. The Morgan fingerprint density at radius 2 is 0.812 bits per heavy atom. The molecule has 1 nitrogen and oxygen atoms in total. The Morgan fingerprint density at radius 1 is 0.469 bits per heavy atom. The standard InChI is InChI=1S/C31H50N/c1-3-4-5-6-7-8-9-10-11-12-13-14-15-22-27-32(2,28-30-23-18-16-19-24-30)29-31-25-20-17-21-26-31/h16-21,23-26H,3-15,22,27-29H2,1-2H3/q+1. The average Bonchev–Trinajstić information content (AvgIpc) is 2.80. The van der Waals surface area contributed by atoms with Gasteiger partial charge in [-0.1, -0.05) is 145 Å². The van der Waals surface area contributed by atoms with Crippen molar-refractivity contribution in [2.75, 3.05) is 13.6 Å². The van der Waals surface area contributed by atoms with Crippen LogP contribution in [0.3, 0.4) is 0 Å². The summed E-state index contributed by atoms with van der Waals surface area (Å²) < 4.78 is 1.10. The summed E-state index contributed by atoms with van der Waals surface area (Å²) in [6.07, 6.45) is 20.0. The topological polar surface area (TPSA) is 0 Å². The van der Waals surface area contributed by atoms with Gasteiger partial charge in [0.05, 0.1) is 13.6 Å². The molecule has 1 heteroatoms. The normalized spacial score (nSPS) is 11.7. The van der Waals surface area contributed by atoms with Gasteiger partial charge in [-0.15, -0.1) is 0 Å². The Kier molecular flexibility index (Phi) is 14.1. The molecule has 0 N–H and O–H groups in total. The second-order valence-electron chi connectivity index (χ2n) is 10.2. The molecule has 0 atom stereocenters. The van der Waals surface area contributed by atoms with Gasteiger partial charge in [-0.05, 0) is 12.8 Å². The summed E-state index contributed by atoms with van der Waals surface area (Å²) in [7, 11) is 2.45. The van der Waals surface area contributed by atoms with Crippen LogP contribution in [0.4, 0.5) is 0 Å². The van der Waals surface area contributed by atoms with E-state index in [2.05, 4.69) is 74.6 Å². The predicted molar refractivity (Wildman–Crippen MR) is 142 cm³/mol. The van der Waals surface area contributed by atoms with E-state index >= 15 is 0 Å². The lowest BCUT2D eigenvalue weighted by atomic mass is 10.0. The van der Waals surface area contributed by atoms with Gasteiger partial charge >= 0.3 is 0 Å². The van der Waals surface area contributed by atoms with E-state index in [4.69, 9.17) is 0 Å². The maximum Gasteiger partial charge on any atom is 0.104 e. The third-order valence-electron chi connectivity index (χ3n) is 6.87. The van der Waals surface area contributed by atoms with Gasteiger partial charge in [-0.3, -0.25) is 0 Å². The van der Waals surface area contributed by atoms with E-state index in [0.29, 0.717) is 0 Å². The Bertz CT molecular complexity index is 622. The van der Waals surface area contributed by atoms with Crippen LogP contribution in [0, 0.1) is 0 Å². The van der Waals surface area contributed by atoms with Crippen molar-refractivity contribution in [1.29, 1.82) is 0 Å². The molecule has 0 saturated heterocycles. The molecule has 2 aromatic rings. The number of quaternary nitrogens is 1. The Morgan fingerprint density at radius 3 is 1.19 bits per heavy atom. The number of nitrogens with zero attached hydrogens (tertiary/aromatic N) is 1. The van der Waals surface area contributed by atoms with Crippen LogP contribution in [0.25, 0.3) is 0 Å². The number of hydrogen-bond donors (Lipinski definition) is 0. The second-order valence-corrected chi connectivity index (χ2v) is 10.2. The van der Waals surface area contributed by atoms with E-state index < -0.39 is 0 Å². The average molecular weight is 437 g/mol. The molecule has 2 aromatic carbocycles. The molecule has 0 radical (unpaired) electrons. The van der Waals surface area contributed by atoms with E-state index in [1.54, 1.807) is 0 Å². The van der Waals surface area contributed by atoms with Crippen molar-refractivity contribution in [3.63, 3.8) is 0 Å². The second kappa shape index (κ2) is 17.0. The van der Waals surface area contributed by atoms with E-state index in [1.165, 1.54) is 108 Å². The molecule has 2 rings (SSSR count). The highest BCUT2D eigenvalue weighted by atomic mass is 15.3. The van der Waals surface area contributed by atoms with E-state index in [9.17, 15) is 0 Å². The molecule has 0 unspecified atom stereocenters. The number of hydrogen-bond acceptors (Lipinski definition) is 0. The van der Waals surface area contributed by atoms with E-state index in [-0.39, 0.29) is 0 Å². The SMILES string of the molecule is CCCCCCCCCCCCCCCC[N+](C)(Cc1ccccc1)Cc1ccccc1. The lowest BCUT2D eigenvalue weighted by Crippen LogP contribution is -2.43. The minimum absolute atomic E-state index is 1.10. The zero-order chi connectivity index (χ0) is 22.7. The zero-order valence-corrected chi connectivity index (χ0v) is 21.2. The molecule has 178 valence electrons. The molecule has 0 aliphatic rings. The molecule has 0 aliphatic heterocycles. The van der Waals surface area contributed by atoms with Crippen molar-refractivity contribution in [3.05, 3.63) is 71.8 Å². The third kappa shape index (κ3) is 12.4. The molecule has 0 saturated carbocycles. The fourth-order valence-electron chi connectivity index (χ4n) is 4.95. The van der Waals surface area contributed by atoms with Crippen molar-refractivity contribution in [2.45, 2.75) is 110 Å². The first kappa shape index (κ1) is 26.7. The third-order valence-corrected chi connectivity index (χ3v) is 6.87. The number of rotatable bonds is 19. The molecule has 0 aliphatic carbocycles. The van der Waals surface area contributed by atoms with Gasteiger partial charge in [0.25, 0.3) is 0 Å². The molecule has 0 spiro atoms. The molecule has 32 heavy (non-hydrogen) atoms. The lowest BCUT2D eigenvalue weighted by molar-refractivity contribution is -0.935. The van der Waals surface area contributed by atoms with Gasteiger partial charge < -0.3 is 4.48 Å². The first-order valence-electron chi connectivity index (χ1n) is 13.6. The van der Waals surface area contributed by atoms with Gasteiger partial charge in [-0.2, -0.15) is 0 Å². The van der Waals surface area contributed by atoms with Crippen LogP contribution in [0.15, 0.2) is 60.7 Å². The Labute approximate surface area is 199 Å². The summed E-state index contributed by atoms with van der Waals surface area (Å²) in [5.74, 6) is 0. The van der Waals surface area contributed by atoms with Crippen LogP contribution in [0.1, 0.15) is 108 Å². The predicted octanol–water partition coefficient (Wildman–Crippen LogP) is 9.31. The maximum atomic E-state index is 2.45. The van der Waals surface area contributed by atoms with Crippen LogP contribution in [-0.4, -0.2) is 18.1 Å². The van der Waals surface area contributed by atoms with Crippen LogP contribution in [0.2, 0.25) is 0 Å². The highest BCUT2D eigenvalue weighted by Gasteiger charge is 2.22. The monoisotopic (exact) mass is 436 g/mol. The summed E-state index contributed by atoms with van der Waals surface area (Å²) in [5, 5.41) is 0. The molecular formula is C31H50N+. The van der Waals surface area contributed by atoms with Crippen LogP contribution < -0.4 is 0 Å². The van der Waals surface area contributed by atoms with Gasteiger partial charge in [0.1, 0.15) is 13.1 Å². The van der Waals surface area contributed by atoms with Gasteiger partial charge in [0.2, 0.25) is 0 Å². The van der Waals surface area contributed by atoms with Crippen LogP contribution in [0.5, 0.6) is 0 Å². The first-order valence-corrected chi connectivity index (χ1v) is 13.6. The van der Waals surface area contributed by atoms with Crippen molar-refractivity contribution >= 4 is 0 Å². The number of benzene rings is 2. The van der Waals surface area contributed by atoms with Gasteiger partial charge in [-0.25, -0.2) is 0 Å². The fourth-order valence-corrected chi connectivity index (χ4v) is 4.95. The van der Waals surface area contributed by atoms with Crippen molar-refractivity contribution in [2.24, 2.45) is 0 Å². The van der Waals surface area contributed by atoms with Gasteiger partial charge in [0.15, 0.2) is 0 Å². The molecule has 0 amide bonds. The highest BCUT2D eigenvalue weighted by Crippen LogP contribution is 2.20. The number of unbranched alkanes of at least 4 members (excludes halogenated alkanes) is 13. The maximum absolute atomic E-state index is 2.45. The van der Waals surface area contributed by atoms with E-state index in [1.807, 2.05) is 0 Å². The Balaban J connectivity index is 1.59. The summed E-state index contributed by atoms with van der Waals surface area (Å²) >= 11 is 0. The first-order chi connectivity index (χ1) is 15.7. The largest absolute Gasteiger partial charge is 0.319 e. The zero-order valence-electron chi connectivity index (χ0n) is 21.2. The molecule has 0 heterocycles. The van der Waals surface area contributed by atoms with Gasteiger partial charge in [0, 0.05) is 11.1 Å². The smallest absolute Gasteiger partial charge is 0.104 e. The Hall–Kier alpha value is -1.60. The summed E-state index contributed by atoms with van der Waals surface area (Å²) in [5.41, 5.74) is 2.91. The highest BCUT2D eigenvalue weighted by molar-refractivity contribution is 5.15. The molecule has 0 fully saturated rings. The van der Waals surface area contributed by atoms with Crippen molar-refractivity contribution < 1.29 is 4.48 Å². The fraction of sp³-hybridized carbons (Fsp3) is 0.613. The van der Waals surface area contributed by atoms with Crippen LogP contribution in [-0.2, 0) is 13.1 Å². The minimum Gasteiger partial charge on any atom is -0.319 e. The molecular weight excluding hydrogens is 386 g/mol. The molecule has 0 aromatic heterocycles.